The first-order valence-corrected chi connectivity index (χ1v) is 3.85. The second-order valence-electron chi connectivity index (χ2n) is 2.69. The van der Waals surface area contributed by atoms with Gasteiger partial charge in [0.1, 0.15) is 0 Å². The molecule has 2 rings (SSSR count). The van der Waals surface area contributed by atoms with Gasteiger partial charge in [0.05, 0.1) is 0 Å². The Balaban J connectivity index is 0.000000845. The number of hydrogen-bond acceptors (Lipinski definition) is 1. The summed E-state index contributed by atoms with van der Waals surface area (Å²) in [4.78, 5) is 10.6. The van der Waals surface area contributed by atoms with E-state index in [9.17, 15) is 4.79 Å². The summed E-state index contributed by atoms with van der Waals surface area (Å²) in [7, 11) is 0. The van der Waals surface area contributed by atoms with E-state index in [0.29, 0.717) is 0 Å². The van der Waals surface area contributed by atoms with Crippen molar-refractivity contribution < 1.29 is 4.79 Å². The third-order valence-corrected chi connectivity index (χ3v) is 1.95. The van der Waals surface area contributed by atoms with Crippen LogP contribution in [0.4, 0.5) is 0 Å². The molecule has 0 unspecified atom stereocenters. The number of benzene rings is 2. The molecule has 1 nitrogen and oxygen atoms in total. The molecule has 2 heteroatoms. The van der Waals surface area contributed by atoms with Crippen LogP contribution >= 0.6 is 0 Å². The second kappa shape index (κ2) is 4.56. The van der Waals surface area contributed by atoms with Gasteiger partial charge < -0.3 is 0 Å². The Morgan fingerprint density at radius 1 is 0.923 bits per heavy atom. The predicted octanol–water partition coefficient (Wildman–Crippen LogP) is 2.27. The molecule has 0 amide bonds. The summed E-state index contributed by atoms with van der Waals surface area (Å²) in [5.74, 6) is 0. The first-order chi connectivity index (χ1) is 5.92. The topological polar surface area (TPSA) is 17.1 Å². The minimum absolute atomic E-state index is 0. The van der Waals surface area contributed by atoms with Gasteiger partial charge in [-0.25, -0.2) is 0 Å². The Kier molecular flexibility index (Phi) is 3.67. The van der Waals surface area contributed by atoms with Gasteiger partial charge in [-0.15, -0.1) is 0 Å². The fourth-order valence-corrected chi connectivity index (χ4v) is 1.35. The smallest absolute Gasteiger partial charge is 0.150 e. The van der Waals surface area contributed by atoms with Crippen molar-refractivity contribution in [2.24, 2.45) is 0 Å². The normalized spacial score (nSPS) is 9.23. The number of carbonyl (C=O) groups is 1. The molecule has 0 aliphatic rings. The van der Waals surface area contributed by atoms with Crippen molar-refractivity contribution in [3.8, 4) is 0 Å². The van der Waals surface area contributed by atoms with Gasteiger partial charge in [0.15, 0.2) is 6.29 Å². The standard InChI is InChI=1S/C11H8O.Na/c12-8-10-6-3-5-9-4-1-2-7-11(9)10;/h1-8H;. The van der Waals surface area contributed by atoms with E-state index in [1.165, 1.54) is 0 Å². The van der Waals surface area contributed by atoms with Crippen LogP contribution in [0.3, 0.4) is 0 Å². The van der Waals surface area contributed by atoms with Crippen molar-refractivity contribution in [2.45, 2.75) is 0 Å². The van der Waals surface area contributed by atoms with E-state index in [4.69, 9.17) is 0 Å². The largest absolute Gasteiger partial charge is 0.298 e. The molecule has 0 aliphatic heterocycles. The summed E-state index contributed by atoms with van der Waals surface area (Å²) in [6.07, 6.45) is 0.891. The van der Waals surface area contributed by atoms with Gasteiger partial charge in [-0.1, -0.05) is 42.5 Å². The molecule has 0 spiro atoms. The molecule has 2 aromatic rings. The average Bonchev–Trinajstić information content (AvgIpc) is 2.17. The number of aldehydes is 1. The van der Waals surface area contributed by atoms with Crippen LogP contribution in [0.5, 0.6) is 0 Å². The molecule has 2 aromatic carbocycles. The molecular formula is C11H8NaO. The third kappa shape index (κ3) is 1.99. The number of fused-ring (bicyclic) bond motifs is 1. The van der Waals surface area contributed by atoms with Crippen molar-refractivity contribution in [2.75, 3.05) is 0 Å². The van der Waals surface area contributed by atoms with E-state index < -0.39 is 0 Å². The number of carbonyl (C=O) groups excluding carboxylic acids is 1. The summed E-state index contributed by atoms with van der Waals surface area (Å²) in [6.45, 7) is 0. The van der Waals surface area contributed by atoms with Crippen molar-refractivity contribution >= 4 is 46.6 Å². The monoisotopic (exact) mass is 179 g/mol. The van der Waals surface area contributed by atoms with Crippen molar-refractivity contribution in [3.63, 3.8) is 0 Å². The van der Waals surface area contributed by atoms with Gasteiger partial charge in [-0.05, 0) is 10.8 Å². The van der Waals surface area contributed by atoms with Crippen LogP contribution in [0.25, 0.3) is 10.8 Å². The molecule has 0 aliphatic carbocycles. The minimum atomic E-state index is 0. The Labute approximate surface area is 99.1 Å². The van der Waals surface area contributed by atoms with Crippen molar-refractivity contribution in [1.29, 1.82) is 0 Å². The molecule has 0 N–H and O–H groups in total. The minimum Gasteiger partial charge on any atom is -0.298 e. The van der Waals surface area contributed by atoms with Crippen LogP contribution < -0.4 is 0 Å². The fourth-order valence-electron chi connectivity index (χ4n) is 1.35. The predicted molar refractivity (Wildman–Crippen MR) is 55.1 cm³/mol. The first-order valence-electron chi connectivity index (χ1n) is 3.85. The summed E-state index contributed by atoms with van der Waals surface area (Å²) in [6, 6.07) is 13.6. The molecule has 0 heterocycles. The molecule has 0 bridgehead atoms. The molecule has 0 saturated carbocycles. The number of hydrogen-bond donors (Lipinski definition) is 0. The summed E-state index contributed by atoms with van der Waals surface area (Å²) >= 11 is 0. The van der Waals surface area contributed by atoms with Gasteiger partial charge in [0.2, 0.25) is 0 Å². The molecule has 0 aromatic heterocycles. The van der Waals surface area contributed by atoms with Gasteiger partial charge in [0.25, 0.3) is 0 Å². The quantitative estimate of drug-likeness (QED) is 0.484. The van der Waals surface area contributed by atoms with E-state index in [2.05, 4.69) is 0 Å². The van der Waals surface area contributed by atoms with E-state index >= 15 is 0 Å². The van der Waals surface area contributed by atoms with E-state index in [1.807, 2.05) is 42.5 Å². The zero-order valence-corrected chi connectivity index (χ0v) is 9.53. The maximum atomic E-state index is 10.6. The average molecular weight is 179 g/mol. The molecule has 13 heavy (non-hydrogen) atoms. The zero-order chi connectivity index (χ0) is 8.39. The molecule has 0 atom stereocenters. The van der Waals surface area contributed by atoms with E-state index in [1.54, 1.807) is 0 Å². The van der Waals surface area contributed by atoms with Crippen LogP contribution in [0.1, 0.15) is 10.4 Å². The summed E-state index contributed by atoms with van der Waals surface area (Å²) in [5.41, 5.74) is 0.758. The summed E-state index contributed by atoms with van der Waals surface area (Å²) in [5, 5.41) is 2.14. The van der Waals surface area contributed by atoms with Crippen LogP contribution in [0.15, 0.2) is 42.5 Å². The van der Waals surface area contributed by atoms with Crippen LogP contribution in [-0.4, -0.2) is 35.8 Å². The zero-order valence-electron chi connectivity index (χ0n) is 7.53. The number of rotatable bonds is 1. The van der Waals surface area contributed by atoms with E-state index in [0.717, 1.165) is 22.6 Å². The SMILES string of the molecule is O=Cc1cccc2ccccc12.[Na]. The van der Waals surface area contributed by atoms with Crippen molar-refractivity contribution in [1.82, 2.24) is 0 Å². The van der Waals surface area contributed by atoms with Gasteiger partial charge in [-0.3, -0.25) is 4.79 Å². The Morgan fingerprint density at radius 3 is 2.38 bits per heavy atom. The Bertz CT molecular complexity index is 418. The summed E-state index contributed by atoms with van der Waals surface area (Å²) < 4.78 is 0. The molecule has 1 radical (unpaired) electrons. The molecule has 59 valence electrons. The molecule has 0 fully saturated rings. The molecular weight excluding hydrogens is 171 g/mol. The molecule has 0 saturated heterocycles. The second-order valence-corrected chi connectivity index (χ2v) is 2.69. The maximum Gasteiger partial charge on any atom is 0.150 e. The Morgan fingerprint density at radius 2 is 1.62 bits per heavy atom. The van der Waals surface area contributed by atoms with Crippen LogP contribution in [0.2, 0.25) is 0 Å². The van der Waals surface area contributed by atoms with Gasteiger partial charge in [0, 0.05) is 35.1 Å². The third-order valence-electron chi connectivity index (χ3n) is 1.95. The Hall–Kier alpha value is -0.630. The van der Waals surface area contributed by atoms with Crippen LogP contribution in [0, 0.1) is 0 Å². The maximum absolute atomic E-state index is 10.6. The first kappa shape index (κ1) is 10.5. The fraction of sp³-hybridized carbons (Fsp3) is 0. The van der Waals surface area contributed by atoms with Gasteiger partial charge >= 0.3 is 0 Å². The van der Waals surface area contributed by atoms with E-state index in [-0.39, 0.29) is 29.6 Å². The van der Waals surface area contributed by atoms with Gasteiger partial charge in [-0.2, -0.15) is 0 Å². The van der Waals surface area contributed by atoms with Crippen LogP contribution in [-0.2, 0) is 0 Å². The van der Waals surface area contributed by atoms with Crippen molar-refractivity contribution in [3.05, 3.63) is 48.0 Å².